The number of hydrogen-bond acceptors (Lipinski definition) is 6. The quantitative estimate of drug-likeness (QED) is 0.525. The number of benzene rings is 1. The van der Waals surface area contributed by atoms with Crippen LogP contribution in [-0.4, -0.2) is 34.9 Å². The van der Waals surface area contributed by atoms with E-state index in [4.69, 9.17) is 0 Å². The number of aryl methyl sites for hydroxylation is 1. The molecule has 0 unspecified atom stereocenters. The highest BCUT2D eigenvalue weighted by atomic mass is 16.6. The van der Waals surface area contributed by atoms with E-state index < -0.39 is 4.92 Å². The van der Waals surface area contributed by atoms with Gasteiger partial charge < -0.3 is 10.1 Å². The molecule has 0 radical (unpaired) electrons. The number of rotatable bonds is 4. The third-order valence-corrected chi connectivity index (χ3v) is 2.98. The number of aromatic nitrogens is 6. The first-order valence-corrected chi connectivity index (χ1v) is 6.16. The first-order valence-electron chi connectivity index (χ1n) is 6.16. The molecule has 0 spiro atoms. The van der Waals surface area contributed by atoms with Gasteiger partial charge in [-0.25, -0.2) is 0 Å². The van der Waals surface area contributed by atoms with Crippen molar-refractivity contribution in [3.63, 3.8) is 0 Å². The van der Waals surface area contributed by atoms with E-state index in [1.807, 2.05) is 30.3 Å². The molecule has 0 saturated carbocycles. The van der Waals surface area contributed by atoms with Crippen LogP contribution in [0.4, 0.5) is 5.82 Å². The second-order valence-corrected chi connectivity index (χ2v) is 4.40. The average Bonchev–Trinajstić information content (AvgIpc) is 3.08. The highest BCUT2D eigenvalue weighted by Gasteiger charge is 2.18. The van der Waals surface area contributed by atoms with E-state index in [2.05, 4.69) is 20.6 Å². The summed E-state index contributed by atoms with van der Waals surface area (Å²) in [6, 6.07) is 10.8. The van der Waals surface area contributed by atoms with Gasteiger partial charge in [-0.15, -0.1) is 5.10 Å². The van der Waals surface area contributed by atoms with Crippen LogP contribution in [0.25, 0.3) is 5.69 Å². The third-order valence-electron chi connectivity index (χ3n) is 2.98. The van der Waals surface area contributed by atoms with Crippen LogP contribution in [0.15, 0.2) is 36.4 Å². The minimum absolute atomic E-state index is 0.189. The number of nitrogens with zero attached hydrogens (tertiary/aromatic N) is 7. The molecule has 106 valence electrons. The monoisotopic (exact) mass is 285 g/mol. The normalized spacial score (nSPS) is 10.7. The van der Waals surface area contributed by atoms with Crippen LogP contribution in [0.5, 0.6) is 0 Å². The molecule has 0 aliphatic carbocycles. The summed E-state index contributed by atoms with van der Waals surface area (Å²) in [5.41, 5.74) is 1.49. The van der Waals surface area contributed by atoms with Crippen LogP contribution >= 0.6 is 0 Å². The maximum absolute atomic E-state index is 10.7. The van der Waals surface area contributed by atoms with Crippen molar-refractivity contribution in [2.45, 2.75) is 13.5 Å². The van der Waals surface area contributed by atoms with Crippen molar-refractivity contribution in [2.75, 3.05) is 0 Å². The fourth-order valence-electron chi connectivity index (χ4n) is 1.95. The first kappa shape index (κ1) is 12.9. The van der Waals surface area contributed by atoms with Crippen molar-refractivity contribution in [3.05, 3.63) is 58.0 Å². The van der Waals surface area contributed by atoms with E-state index in [1.54, 1.807) is 11.6 Å². The number of para-hydroxylation sites is 1. The van der Waals surface area contributed by atoms with Crippen molar-refractivity contribution < 1.29 is 4.92 Å². The Morgan fingerprint density at radius 1 is 1.29 bits per heavy atom. The van der Waals surface area contributed by atoms with Gasteiger partial charge in [0.25, 0.3) is 0 Å². The molecule has 0 bridgehead atoms. The van der Waals surface area contributed by atoms with Crippen molar-refractivity contribution in [1.82, 2.24) is 30.0 Å². The van der Waals surface area contributed by atoms with E-state index in [1.165, 1.54) is 10.7 Å². The van der Waals surface area contributed by atoms with E-state index in [-0.39, 0.29) is 12.4 Å². The molecule has 3 aromatic rings. The summed E-state index contributed by atoms with van der Waals surface area (Å²) < 4.78 is 3.08. The first-order chi connectivity index (χ1) is 10.1. The van der Waals surface area contributed by atoms with Crippen LogP contribution < -0.4 is 0 Å². The van der Waals surface area contributed by atoms with E-state index in [0.29, 0.717) is 11.5 Å². The molecule has 2 aromatic heterocycles. The average molecular weight is 285 g/mol. The summed E-state index contributed by atoms with van der Waals surface area (Å²) in [6.07, 6.45) is 0. The topological polar surface area (TPSA) is 105 Å². The van der Waals surface area contributed by atoms with Gasteiger partial charge in [-0.05, 0) is 34.4 Å². The maximum Gasteiger partial charge on any atom is 0.390 e. The van der Waals surface area contributed by atoms with Gasteiger partial charge >= 0.3 is 5.82 Å². The molecule has 0 N–H and O–H groups in total. The molecular weight excluding hydrogens is 274 g/mol. The number of tetrazole rings is 1. The molecule has 0 saturated heterocycles. The molecule has 21 heavy (non-hydrogen) atoms. The Kier molecular flexibility index (Phi) is 3.14. The zero-order valence-corrected chi connectivity index (χ0v) is 11.1. The van der Waals surface area contributed by atoms with Gasteiger partial charge in [-0.2, -0.15) is 9.36 Å². The van der Waals surface area contributed by atoms with Crippen molar-refractivity contribution in [1.29, 1.82) is 0 Å². The fraction of sp³-hybridized carbons (Fsp3) is 0.167. The summed E-state index contributed by atoms with van der Waals surface area (Å²) >= 11 is 0. The summed E-state index contributed by atoms with van der Waals surface area (Å²) in [5, 5.41) is 26.2. The predicted octanol–water partition coefficient (Wildman–Crippen LogP) is 1.12. The minimum Gasteiger partial charge on any atom is -0.358 e. The largest absolute Gasteiger partial charge is 0.390 e. The molecule has 9 heteroatoms. The van der Waals surface area contributed by atoms with Gasteiger partial charge in [0, 0.05) is 0 Å². The van der Waals surface area contributed by atoms with E-state index >= 15 is 0 Å². The van der Waals surface area contributed by atoms with Crippen molar-refractivity contribution >= 4 is 5.82 Å². The molecule has 1 aromatic carbocycles. The van der Waals surface area contributed by atoms with Gasteiger partial charge in [0.1, 0.15) is 6.54 Å². The zero-order chi connectivity index (χ0) is 14.8. The van der Waals surface area contributed by atoms with Gasteiger partial charge in [0.2, 0.25) is 0 Å². The molecule has 2 heterocycles. The van der Waals surface area contributed by atoms with Crippen molar-refractivity contribution in [3.8, 4) is 5.69 Å². The highest BCUT2D eigenvalue weighted by Crippen LogP contribution is 2.13. The Balaban J connectivity index is 1.93. The fourth-order valence-corrected chi connectivity index (χ4v) is 1.95. The Morgan fingerprint density at radius 2 is 2.05 bits per heavy atom. The lowest BCUT2D eigenvalue weighted by atomic mass is 10.3. The van der Waals surface area contributed by atoms with Gasteiger partial charge in [0.15, 0.2) is 5.82 Å². The lowest BCUT2D eigenvalue weighted by molar-refractivity contribution is -0.389. The van der Waals surface area contributed by atoms with Gasteiger partial charge in [-0.3, -0.25) is 0 Å². The number of hydrogen-bond donors (Lipinski definition) is 0. The molecule has 0 amide bonds. The molecule has 9 nitrogen and oxygen atoms in total. The van der Waals surface area contributed by atoms with Crippen LogP contribution in [0.3, 0.4) is 0 Å². The Hall–Kier alpha value is -3.10. The number of nitro groups is 1. The SMILES string of the molecule is Cc1cc([N+](=O)[O-])nn1Cc1nnnn1-c1ccccc1. The van der Waals surface area contributed by atoms with Crippen molar-refractivity contribution in [2.24, 2.45) is 0 Å². The molecule has 0 aliphatic heterocycles. The molecule has 0 aliphatic rings. The van der Waals surface area contributed by atoms with Crippen LogP contribution in [0.1, 0.15) is 11.5 Å². The van der Waals surface area contributed by atoms with Gasteiger partial charge in [-0.1, -0.05) is 18.2 Å². The molecule has 3 rings (SSSR count). The third kappa shape index (κ3) is 2.48. The van der Waals surface area contributed by atoms with E-state index in [9.17, 15) is 10.1 Å². The van der Waals surface area contributed by atoms with Crippen LogP contribution in [0, 0.1) is 17.0 Å². The van der Waals surface area contributed by atoms with Crippen LogP contribution in [0.2, 0.25) is 0 Å². The Bertz CT molecular complexity index is 778. The van der Waals surface area contributed by atoms with Crippen LogP contribution in [-0.2, 0) is 6.54 Å². The molecule has 0 atom stereocenters. The molecule has 0 fully saturated rings. The Morgan fingerprint density at radius 3 is 2.71 bits per heavy atom. The second kappa shape index (κ2) is 5.12. The van der Waals surface area contributed by atoms with E-state index in [0.717, 1.165) is 5.69 Å². The van der Waals surface area contributed by atoms with Gasteiger partial charge in [0.05, 0.1) is 22.5 Å². The molecular formula is C12H11N7O2. The maximum atomic E-state index is 10.7. The smallest absolute Gasteiger partial charge is 0.358 e. The lowest BCUT2D eigenvalue weighted by Gasteiger charge is -2.03. The lowest BCUT2D eigenvalue weighted by Crippen LogP contribution is -2.11. The zero-order valence-electron chi connectivity index (χ0n) is 11.1. The highest BCUT2D eigenvalue weighted by molar-refractivity contribution is 5.30. The minimum atomic E-state index is -0.524. The second-order valence-electron chi connectivity index (χ2n) is 4.40. The Labute approximate surface area is 119 Å². The summed E-state index contributed by atoms with van der Waals surface area (Å²) in [5.74, 6) is 0.355. The standard InChI is InChI=1S/C12H11N7O2/c1-9-7-11(19(20)21)14-17(9)8-12-13-15-16-18(12)10-5-3-2-4-6-10/h2-7H,8H2,1H3. The summed E-state index contributed by atoms with van der Waals surface area (Å²) in [4.78, 5) is 10.2. The summed E-state index contributed by atoms with van der Waals surface area (Å²) in [6.45, 7) is 2.00. The predicted molar refractivity (Wildman–Crippen MR) is 71.9 cm³/mol. The summed E-state index contributed by atoms with van der Waals surface area (Å²) in [7, 11) is 0.